The maximum absolute atomic E-state index is 13.6. The molecule has 1 N–H and O–H groups in total. The van der Waals surface area contributed by atoms with Gasteiger partial charge in [-0.2, -0.15) is 0 Å². The van der Waals surface area contributed by atoms with E-state index in [1.807, 2.05) is 6.07 Å². The Kier molecular flexibility index (Phi) is 3.45. The average molecular weight is 311 g/mol. The van der Waals surface area contributed by atoms with Crippen LogP contribution in [0.25, 0.3) is 0 Å². The fourth-order valence-corrected chi connectivity index (χ4v) is 4.11. The smallest absolute Gasteiger partial charge is 0.123 e. The maximum Gasteiger partial charge on any atom is 0.123 e. The van der Waals surface area contributed by atoms with E-state index in [-0.39, 0.29) is 11.9 Å². The average Bonchev–Trinajstić information content (AvgIpc) is 3.04. The van der Waals surface area contributed by atoms with Crippen molar-refractivity contribution in [2.75, 3.05) is 11.6 Å². The van der Waals surface area contributed by atoms with Crippen molar-refractivity contribution >= 4 is 17.4 Å². The molecule has 112 valence electrons. The van der Waals surface area contributed by atoms with E-state index < -0.39 is 0 Å². The van der Waals surface area contributed by atoms with Crippen LogP contribution in [-0.2, 0) is 0 Å². The fourth-order valence-electron chi connectivity index (χ4n) is 3.71. The molecular formula is C19H18FNS. The minimum atomic E-state index is -0.151. The number of hydrogen-bond acceptors (Lipinski definition) is 2. The van der Waals surface area contributed by atoms with Gasteiger partial charge in [-0.15, -0.1) is 11.8 Å². The molecular weight excluding hydrogens is 293 g/mol. The predicted octanol–water partition coefficient (Wildman–Crippen LogP) is 5.37. The molecule has 0 bridgehead atoms. The lowest BCUT2D eigenvalue weighted by molar-refractivity contribution is 0.424. The van der Waals surface area contributed by atoms with Crippen LogP contribution in [-0.4, -0.2) is 6.26 Å². The molecule has 1 heterocycles. The highest BCUT2D eigenvalue weighted by molar-refractivity contribution is 7.98. The van der Waals surface area contributed by atoms with Crippen molar-refractivity contribution < 1.29 is 4.39 Å². The topological polar surface area (TPSA) is 12.0 Å². The van der Waals surface area contributed by atoms with Gasteiger partial charge >= 0.3 is 0 Å². The Labute approximate surface area is 134 Å². The van der Waals surface area contributed by atoms with E-state index in [4.69, 9.17) is 0 Å². The molecule has 3 unspecified atom stereocenters. The molecule has 3 heteroatoms. The summed E-state index contributed by atoms with van der Waals surface area (Å²) in [6.45, 7) is 0. The molecule has 1 nitrogen and oxygen atoms in total. The quantitative estimate of drug-likeness (QED) is 0.591. The first-order valence-electron chi connectivity index (χ1n) is 7.63. The standard InChI is InChI=1S/C19H18FNS/c1-22-14-8-5-12(6-9-14)19-16-4-2-3-15(16)17-11-13(20)7-10-18(17)21-19/h2-3,5-11,15-16,19,21H,4H2,1H3. The van der Waals surface area contributed by atoms with Crippen LogP contribution in [0.5, 0.6) is 0 Å². The second-order valence-electron chi connectivity index (χ2n) is 5.98. The molecule has 3 atom stereocenters. The van der Waals surface area contributed by atoms with Crippen LogP contribution in [0.1, 0.15) is 29.5 Å². The molecule has 0 saturated heterocycles. The van der Waals surface area contributed by atoms with Crippen LogP contribution in [0.2, 0.25) is 0 Å². The van der Waals surface area contributed by atoms with Crippen molar-refractivity contribution in [2.24, 2.45) is 5.92 Å². The van der Waals surface area contributed by atoms with Crippen LogP contribution >= 0.6 is 11.8 Å². The van der Waals surface area contributed by atoms with Gasteiger partial charge in [0.05, 0.1) is 6.04 Å². The normalized spacial score (nSPS) is 25.5. The summed E-state index contributed by atoms with van der Waals surface area (Å²) in [6.07, 6.45) is 7.62. The fraction of sp³-hybridized carbons (Fsp3) is 0.263. The molecule has 1 aliphatic carbocycles. The molecule has 0 spiro atoms. The van der Waals surface area contributed by atoms with E-state index in [0.717, 1.165) is 17.7 Å². The summed E-state index contributed by atoms with van der Waals surface area (Å²) in [5.74, 6) is 0.633. The number of hydrogen-bond donors (Lipinski definition) is 1. The van der Waals surface area contributed by atoms with E-state index in [1.54, 1.807) is 23.9 Å². The molecule has 2 aromatic rings. The monoisotopic (exact) mass is 311 g/mol. The van der Waals surface area contributed by atoms with Gasteiger partial charge in [-0.3, -0.25) is 0 Å². The Bertz CT molecular complexity index is 723. The largest absolute Gasteiger partial charge is 0.378 e. The zero-order valence-electron chi connectivity index (χ0n) is 12.4. The van der Waals surface area contributed by atoms with Crippen LogP contribution in [0.15, 0.2) is 59.5 Å². The van der Waals surface area contributed by atoms with Gasteiger partial charge in [0.25, 0.3) is 0 Å². The molecule has 22 heavy (non-hydrogen) atoms. The summed E-state index contributed by atoms with van der Waals surface area (Å²) < 4.78 is 13.6. The Morgan fingerprint density at radius 1 is 1.14 bits per heavy atom. The van der Waals surface area contributed by atoms with Crippen molar-refractivity contribution in [3.05, 3.63) is 71.6 Å². The van der Waals surface area contributed by atoms with Gasteiger partial charge in [-0.05, 0) is 60.1 Å². The van der Waals surface area contributed by atoms with Crippen molar-refractivity contribution in [1.29, 1.82) is 0 Å². The van der Waals surface area contributed by atoms with Crippen LogP contribution in [0.3, 0.4) is 0 Å². The van der Waals surface area contributed by atoms with Gasteiger partial charge in [-0.25, -0.2) is 4.39 Å². The van der Waals surface area contributed by atoms with E-state index in [9.17, 15) is 4.39 Å². The summed E-state index contributed by atoms with van der Waals surface area (Å²) >= 11 is 1.76. The summed E-state index contributed by atoms with van der Waals surface area (Å²) in [5, 5.41) is 3.64. The highest BCUT2D eigenvalue weighted by Gasteiger charge is 2.37. The highest BCUT2D eigenvalue weighted by atomic mass is 32.2. The lowest BCUT2D eigenvalue weighted by Gasteiger charge is -2.37. The third-order valence-electron chi connectivity index (χ3n) is 4.80. The molecule has 0 aromatic heterocycles. The lowest BCUT2D eigenvalue weighted by Crippen LogP contribution is -2.29. The number of anilines is 1. The number of benzene rings is 2. The van der Waals surface area contributed by atoms with Crippen molar-refractivity contribution in [1.82, 2.24) is 0 Å². The maximum atomic E-state index is 13.6. The Balaban J connectivity index is 1.74. The van der Waals surface area contributed by atoms with Gasteiger partial charge in [0, 0.05) is 16.5 Å². The van der Waals surface area contributed by atoms with Gasteiger partial charge in [0.2, 0.25) is 0 Å². The number of thioether (sulfide) groups is 1. The first kappa shape index (κ1) is 13.9. The summed E-state index contributed by atoms with van der Waals surface area (Å²) in [5.41, 5.74) is 3.47. The number of halogens is 1. The zero-order valence-corrected chi connectivity index (χ0v) is 13.2. The van der Waals surface area contributed by atoms with E-state index >= 15 is 0 Å². The van der Waals surface area contributed by atoms with E-state index in [2.05, 4.69) is 48.0 Å². The minimum Gasteiger partial charge on any atom is -0.378 e. The van der Waals surface area contributed by atoms with Crippen molar-refractivity contribution in [3.63, 3.8) is 0 Å². The number of nitrogens with one attached hydrogen (secondary N) is 1. The Hall–Kier alpha value is -1.74. The van der Waals surface area contributed by atoms with E-state index in [0.29, 0.717) is 11.8 Å². The minimum absolute atomic E-state index is 0.151. The van der Waals surface area contributed by atoms with Crippen LogP contribution in [0, 0.1) is 11.7 Å². The Morgan fingerprint density at radius 2 is 1.95 bits per heavy atom. The van der Waals surface area contributed by atoms with Gasteiger partial charge in [-0.1, -0.05) is 24.3 Å². The molecule has 2 aliphatic rings. The SMILES string of the molecule is CSc1ccc(C2Nc3ccc(F)cc3C3C=CCC32)cc1. The summed E-state index contributed by atoms with van der Waals surface area (Å²) in [4.78, 5) is 1.28. The third kappa shape index (κ3) is 2.24. The molecule has 0 fully saturated rings. The first-order chi connectivity index (χ1) is 10.8. The number of rotatable bonds is 2. The van der Waals surface area contributed by atoms with Gasteiger partial charge in [0.1, 0.15) is 5.82 Å². The molecule has 0 amide bonds. The second kappa shape index (κ2) is 5.47. The van der Waals surface area contributed by atoms with Crippen molar-refractivity contribution in [3.8, 4) is 0 Å². The molecule has 0 radical (unpaired) electrons. The third-order valence-corrected chi connectivity index (χ3v) is 5.54. The first-order valence-corrected chi connectivity index (χ1v) is 8.85. The van der Waals surface area contributed by atoms with Crippen LogP contribution in [0.4, 0.5) is 10.1 Å². The molecule has 0 saturated carbocycles. The van der Waals surface area contributed by atoms with Gasteiger partial charge in [0.15, 0.2) is 0 Å². The van der Waals surface area contributed by atoms with Crippen molar-refractivity contribution in [2.45, 2.75) is 23.3 Å². The zero-order chi connectivity index (χ0) is 15.1. The Morgan fingerprint density at radius 3 is 2.73 bits per heavy atom. The number of allylic oxidation sites excluding steroid dienone is 2. The lowest BCUT2D eigenvalue weighted by atomic mass is 9.77. The highest BCUT2D eigenvalue weighted by Crippen LogP contribution is 2.49. The number of fused-ring (bicyclic) bond motifs is 3. The summed E-state index contributed by atoms with van der Waals surface area (Å²) in [6, 6.07) is 14.2. The predicted molar refractivity (Wildman–Crippen MR) is 91.0 cm³/mol. The second-order valence-corrected chi connectivity index (χ2v) is 6.86. The molecule has 4 rings (SSSR count). The molecule has 1 aliphatic heterocycles. The van der Waals surface area contributed by atoms with E-state index in [1.165, 1.54) is 10.5 Å². The van der Waals surface area contributed by atoms with Gasteiger partial charge < -0.3 is 5.32 Å². The molecule has 2 aromatic carbocycles. The summed E-state index contributed by atoms with van der Waals surface area (Å²) in [7, 11) is 0. The van der Waals surface area contributed by atoms with Crippen LogP contribution < -0.4 is 5.32 Å².